The van der Waals surface area contributed by atoms with Gasteiger partial charge < -0.3 is 5.11 Å². The Hall–Kier alpha value is -1.97. The van der Waals surface area contributed by atoms with Gasteiger partial charge in [0.15, 0.2) is 0 Å². The van der Waals surface area contributed by atoms with Gasteiger partial charge in [0.05, 0.1) is 0 Å². The highest BCUT2D eigenvalue weighted by Gasteiger charge is 2.22. The van der Waals surface area contributed by atoms with Crippen LogP contribution >= 0.6 is 0 Å². The lowest BCUT2D eigenvalue weighted by atomic mass is 10.1. The number of hydrogen-bond donors (Lipinski definition) is 1. The van der Waals surface area contributed by atoms with Crippen LogP contribution in [0.2, 0.25) is 0 Å². The molecule has 0 fully saturated rings. The Balaban J connectivity index is 2.25. The van der Waals surface area contributed by atoms with Crippen LogP contribution < -0.4 is 5.56 Å². The van der Waals surface area contributed by atoms with Gasteiger partial charge in [-0.25, -0.2) is 4.68 Å². The predicted octanol–water partition coefficient (Wildman–Crippen LogP) is 1.82. The smallest absolute Gasteiger partial charge is 0.278 e. The van der Waals surface area contributed by atoms with Crippen molar-refractivity contribution in [1.29, 1.82) is 0 Å². The van der Waals surface area contributed by atoms with E-state index in [1.54, 1.807) is 9.36 Å². The molecular formula is C13H14N2O2. The molecule has 1 aliphatic heterocycles. The molecule has 0 saturated carbocycles. The Labute approximate surface area is 98.7 Å². The van der Waals surface area contributed by atoms with Crippen molar-refractivity contribution in [3.63, 3.8) is 0 Å². The number of rotatable bonds is 1. The van der Waals surface area contributed by atoms with E-state index in [0.717, 1.165) is 18.4 Å². The average molecular weight is 230 g/mol. The van der Waals surface area contributed by atoms with Gasteiger partial charge in [-0.3, -0.25) is 9.48 Å². The van der Waals surface area contributed by atoms with E-state index in [-0.39, 0.29) is 11.4 Å². The Kier molecular flexibility index (Phi) is 2.28. The van der Waals surface area contributed by atoms with Gasteiger partial charge in [0.2, 0.25) is 5.88 Å². The number of nitrogens with zero attached hydrogens (tertiary/aromatic N) is 2. The van der Waals surface area contributed by atoms with Crippen LogP contribution in [0.4, 0.5) is 0 Å². The summed E-state index contributed by atoms with van der Waals surface area (Å²) in [6.45, 7) is 1.41. The van der Waals surface area contributed by atoms with Crippen molar-refractivity contribution in [2.45, 2.75) is 25.9 Å². The van der Waals surface area contributed by atoms with E-state index >= 15 is 0 Å². The highest BCUT2D eigenvalue weighted by molar-refractivity contribution is 5.67. The van der Waals surface area contributed by atoms with E-state index in [1.807, 2.05) is 30.3 Å². The number of hydrogen-bond acceptors (Lipinski definition) is 2. The van der Waals surface area contributed by atoms with Gasteiger partial charge in [-0.05, 0) is 18.4 Å². The lowest BCUT2D eigenvalue weighted by molar-refractivity contribution is 0.305. The van der Waals surface area contributed by atoms with Crippen LogP contribution in [-0.4, -0.2) is 14.5 Å². The Morgan fingerprint density at radius 1 is 1.00 bits per heavy atom. The Morgan fingerprint density at radius 3 is 2.29 bits per heavy atom. The summed E-state index contributed by atoms with van der Waals surface area (Å²) in [5.41, 5.74) is 1.12. The lowest BCUT2D eigenvalue weighted by Gasteiger charge is -2.16. The highest BCUT2D eigenvalue weighted by Crippen LogP contribution is 2.28. The summed E-state index contributed by atoms with van der Waals surface area (Å²) >= 11 is 0. The molecule has 0 radical (unpaired) electrons. The van der Waals surface area contributed by atoms with Gasteiger partial charge in [0.1, 0.15) is 5.56 Å². The predicted molar refractivity (Wildman–Crippen MR) is 65.0 cm³/mol. The third kappa shape index (κ3) is 1.48. The Morgan fingerprint density at radius 2 is 1.65 bits per heavy atom. The maximum absolute atomic E-state index is 12.2. The zero-order valence-corrected chi connectivity index (χ0v) is 9.47. The largest absolute Gasteiger partial charge is 0.493 e. The molecule has 1 N–H and O–H groups in total. The molecule has 2 aromatic rings. The normalized spacial score (nSPS) is 14.6. The number of aromatic hydroxyl groups is 1. The van der Waals surface area contributed by atoms with Gasteiger partial charge in [-0.2, -0.15) is 0 Å². The lowest BCUT2D eigenvalue weighted by Crippen LogP contribution is -2.27. The second-order valence-corrected chi connectivity index (χ2v) is 4.32. The molecule has 1 aromatic carbocycles. The molecule has 1 aliphatic rings. The van der Waals surface area contributed by atoms with E-state index < -0.39 is 0 Å². The molecule has 0 spiro atoms. The number of aromatic nitrogens is 2. The molecule has 0 atom stereocenters. The molecule has 0 unspecified atom stereocenters. The van der Waals surface area contributed by atoms with Crippen molar-refractivity contribution in [3.05, 3.63) is 40.7 Å². The molecule has 4 nitrogen and oxygen atoms in total. The molecule has 0 bridgehead atoms. The zero-order chi connectivity index (χ0) is 11.8. The average Bonchev–Trinajstić information content (AvgIpc) is 2.64. The monoisotopic (exact) mass is 230 g/mol. The van der Waals surface area contributed by atoms with Crippen LogP contribution in [-0.2, 0) is 13.1 Å². The fourth-order valence-corrected chi connectivity index (χ4v) is 2.41. The maximum Gasteiger partial charge on any atom is 0.278 e. The van der Waals surface area contributed by atoms with Crippen molar-refractivity contribution in [1.82, 2.24) is 9.36 Å². The summed E-state index contributed by atoms with van der Waals surface area (Å²) in [7, 11) is 0. The molecule has 0 saturated heterocycles. The summed E-state index contributed by atoms with van der Waals surface area (Å²) in [5.74, 6) is 0.0981. The molecule has 0 aliphatic carbocycles. The first-order valence-corrected chi connectivity index (χ1v) is 5.87. The van der Waals surface area contributed by atoms with E-state index in [0.29, 0.717) is 18.7 Å². The minimum Gasteiger partial charge on any atom is -0.493 e. The SMILES string of the molecule is O=c1c(-c2ccccc2)c(O)n2n1CCCC2. The number of fused-ring (bicyclic) bond motifs is 1. The second kappa shape index (κ2) is 3.80. The van der Waals surface area contributed by atoms with Crippen LogP contribution in [0.15, 0.2) is 35.1 Å². The molecule has 2 heterocycles. The van der Waals surface area contributed by atoms with Gasteiger partial charge in [0.25, 0.3) is 5.56 Å². The van der Waals surface area contributed by atoms with Crippen molar-refractivity contribution >= 4 is 0 Å². The first kappa shape index (κ1) is 10.2. The number of benzene rings is 1. The van der Waals surface area contributed by atoms with E-state index in [1.165, 1.54) is 0 Å². The van der Waals surface area contributed by atoms with Crippen molar-refractivity contribution in [3.8, 4) is 17.0 Å². The summed E-state index contributed by atoms with van der Waals surface area (Å²) in [6.07, 6.45) is 2.01. The maximum atomic E-state index is 12.2. The molecular weight excluding hydrogens is 216 g/mol. The van der Waals surface area contributed by atoms with Crippen LogP contribution in [0.3, 0.4) is 0 Å². The molecule has 88 valence electrons. The standard InChI is InChI=1S/C13H14N2O2/c16-12-11(10-6-2-1-3-7-10)13(17)15-9-5-4-8-14(12)15/h1-3,6-7,16H,4-5,8-9H2. The first-order valence-electron chi connectivity index (χ1n) is 5.87. The van der Waals surface area contributed by atoms with E-state index in [4.69, 9.17) is 0 Å². The van der Waals surface area contributed by atoms with Crippen LogP contribution in [0.1, 0.15) is 12.8 Å². The molecule has 4 heteroatoms. The summed E-state index contributed by atoms with van der Waals surface area (Å²) in [4.78, 5) is 12.2. The van der Waals surface area contributed by atoms with Gasteiger partial charge in [0, 0.05) is 13.1 Å². The van der Waals surface area contributed by atoms with Gasteiger partial charge >= 0.3 is 0 Å². The molecule has 0 amide bonds. The molecule has 17 heavy (non-hydrogen) atoms. The second-order valence-electron chi connectivity index (χ2n) is 4.32. The van der Waals surface area contributed by atoms with Crippen molar-refractivity contribution < 1.29 is 5.11 Å². The fourth-order valence-electron chi connectivity index (χ4n) is 2.41. The summed E-state index contributed by atoms with van der Waals surface area (Å²) < 4.78 is 3.33. The third-order valence-electron chi connectivity index (χ3n) is 3.26. The van der Waals surface area contributed by atoms with E-state index in [9.17, 15) is 9.90 Å². The summed E-state index contributed by atoms with van der Waals surface area (Å²) in [5, 5.41) is 10.2. The quantitative estimate of drug-likeness (QED) is 0.812. The highest BCUT2D eigenvalue weighted by atomic mass is 16.3. The fraction of sp³-hybridized carbons (Fsp3) is 0.308. The third-order valence-corrected chi connectivity index (χ3v) is 3.26. The van der Waals surface area contributed by atoms with Gasteiger partial charge in [-0.15, -0.1) is 0 Å². The van der Waals surface area contributed by atoms with Crippen molar-refractivity contribution in [2.24, 2.45) is 0 Å². The van der Waals surface area contributed by atoms with Crippen LogP contribution in [0, 0.1) is 0 Å². The minimum absolute atomic E-state index is 0.0894. The molecule has 3 rings (SSSR count). The zero-order valence-electron chi connectivity index (χ0n) is 9.47. The van der Waals surface area contributed by atoms with E-state index in [2.05, 4.69) is 0 Å². The summed E-state index contributed by atoms with van der Waals surface area (Å²) in [6, 6.07) is 9.34. The van der Waals surface area contributed by atoms with Crippen LogP contribution in [0.25, 0.3) is 11.1 Å². The minimum atomic E-state index is -0.0894. The first-order chi connectivity index (χ1) is 8.29. The van der Waals surface area contributed by atoms with Crippen LogP contribution in [0.5, 0.6) is 5.88 Å². The van der Waals surface area contributed by atoms with Gasteiger partial charge in [-0.1, -0.05) is 30.3 Å². The molecule has 1 aromatic heterocycles. The van der Waals surface area contributed by atoms with Crippen molar-refractivity contribution in [2.75, 3.05) is 0 Å². The topological polar surface area (TPSA) is 47.2 Å². The Bertz CT molecular complexity index is 596.